The molecule has 4 nitrogen and oxygen atoms in total. The van der Waals surface area contributed by atoms with Crippen molar-refractivity contribution in [2.75, 3.05) is 38.1 Å². The van der Waals surface area contributed by atoms with Crippen LogP contribution in [0.4, 0.5) is 5.82 Å². The number of anilines is 1. The van der Waals surface area contributed by atoms with Crippen LogP contribution in [0.3, 0.4) is 0 Å². The van der Waals surface area contributed by atoms with Crippen molar-refractivity contribution >= 4 is 46.4 Å². The van der Waals surface area contributed by atoms with Gasteiger partial charge in [-0.15, -0.1) is 0 Å². The fraction of sp³-hybridized carbons (Fsp3) is 0.455. The zero-order valence-corrected chi connectivity index (χ0v) is 12.3. The number of nitrogens with one attached hydrogen (secondary N) is 1. The average molecular weight is 305 g/mol. The van der Waals surface area contributed by atoms with Gasteiger partial charge in [-0.25, -0.2) is 4.98 Å². The number of rotatable bonds is 1. The number of piperazine rings is 1. The third kappa shape index (κ3) is 2.96. The Balaban J connectivity index is 2.03. The summed E-state index contributed by atoms with van der Waals surface area (Å²) < 4.78 is 0. The molecule has 2 heterocycles. The molecule has 1 saturated heterocycles. The number of hydrogen-bond acceptors (Lipinski definition) is 3. The van der Waals surface area contributed by atoms with E-state index in [-0.39, 0.29) is 0 Å². The highest BCUT2D eigenvalue weighted by Gasteiger charge is 2.20. The van der Waals surface area contributed by atoms with Crippen LogP contribution in [0.15, 0.2) is 12.3 Å². The van der Waals surface area contributed by atoms with Crippen molar-refractivity contribution < 1.29 is 0 Å². The summed E-state index contributed by atoms with van der Waals surface area (Å²) in [4.78, 5) is 8.57. The summed E-state index contributed by atoms with van der Waals surface area (Å²) in [7, 11) is 1.84. The minimum absolute atomic E-state index is 0.554. The molecule has 0 unspecified atom stereocenters. The fourth-order valence-corrected chi connectivity index (χ4v) is 2.60. The monoisotopic (exact) mass is 304 g/mol. The molecule has 18 heavy (non-hydrogen) atoms. The number of aromatic nitrogens is 1. The Kier molecular flexibility index (Phi) is 4.48. The van der Waals surface area contributed by atoms with E-state index in [9.17, 15) is 0 Å². The molecule has 0 atom stereocenters. The first-order chi connectivity index (χ1) is 8.61. The molecule has 0 saturated carbocycles. The Hall–Kier alpha value is -0.780. The van der Waals surface area contributed by atoms with Gasteiger partial charge in [0.25, 0.3) is 0 Å². The predicted octanol–water partition coefficient (Wildman–Crippen LogP) is 2.01. The Morgan fingerprint density at radius 2 is 2.00 bits per heavy atom. The van der Waals surface area contributed by atoms with Crippen molar-refractivity contribution in [2.24, 2.45) is 0 Å². The molecule has 1 N–H and O–H groups in total. The first-order valence-electron chi connectivity index (χ1n) is 5.64. The van der Waals surface area contributed by atoms with Gasteiger partial charge in [0.15, 0.2) is 5.11 Å². The van der Waals surface area contributed by atoms with Crippen LogP contribution in [-0.4, -0.2) is 48.2 Å². The van der Waals surface area contributed by atoms with Gasteiger partial charge in [0, 0.05) is 39.4 Å². The van der Waals surface area contributed by atoms with E-state index in [0.717, 1.165) is 37.1 Å². The fourth-order valence-electron chi connectivity index (χ4n) is 1.92. The van der Waals surface area contributed by atoms with Crippen molar-refractivity contribution in [2.45, 2.75) is 0 Å². The number of pyridine rings is 1. The van der Waals surface area contributed by atoms with E-state index >= 15 is 0 Å². The molecule has 0 aliphatic carbocycles. The van der Waals surface area contributed by atoms with Crippen molar-refractivity contribution in [1.82, 2.24) is 15.2 Å². The molecule has 1 aromatic heterocycles. The van der Waals surface area contributed by atoms with Gasteiger partial charge in [0.05, 0.1) is 10.0 Å². The number of nitrogens with zero attached hydrogens (tertiary/aromatic N) is 3. The summed E-state index contributed by atoms with van der Waals surface area (Å²) >= 11 is 17.2. The van der Waals surface area contributed by atoms with Gasteiger partial charge in [-0.1, -0.05) is 23.2 Å². The second kappa shape index (κ2) is 5.91. The van der Waals surface area contributed by atoms with E-state index in [1.165, 1.54) is 0 Å². The second-order valence-electron chi connectivity index (χ2n) is 3.99. The average Bonchev–Trinajstić information content (AvgIpc) is 2.38. The van der Waals surface area contributed by atoms with Gasteiger partial charge >= 0.3 is 0 Å². The van der Waals surface area contributed by atoms with Crippen LogP contribution in [0.1, 0.15) is 0 Å². The SMILES string of the molecule is CNC(=S)N1CCN(c2ncc(Cl)cc2Cl)CC1. The van der Waals surface area contributed by atoms with Gasteiger partial charge in [0.1, 0.15) is 5.82 Å². The number of hydrogen-bond donors (Lipinski definition) is 1. The first-order valence-corrected chi connectivity index (χ1v) is 6.81. The van der Waals surface area contributed by atoms with E-state index in [2.05, 4.69) is 20.1 Å². The molecule has 1 aliphatic heterocycles. The molecule has 1 fully saturated rings. The lowest BCUT2D eigenvalue weighted by atomic mass is 10.3. The highest BCUT2D eigenvalue weighted by molar-refractivity contribution is 7.80. The van der Waals surface area contributed by atoms with Crippen LogP contribution in [0.25, 0.3) is 0 Å². The molecular formula is C11H14Cl2N4S. The molecule has 2 rings (SSSR count). The van der Waals surface area contributed by atoms with Crippen LogP contribution >= 0.6 is 35.4 Å². The Morgan fingerprint density at radius 3 is 2.56 bits per heavy atom. The zero-order valence-electron chi connectivity index (χ0n) is 9.99. The highest BCUT2D eigenvalue weighted by atomic mass is 35.5. The summed E-state index contributed by atoms with van der Waals surface area (Å²) in [6, 6.07) is 1.72. The molecule has 0 amide bonds. The summed E-state index contributed by atoms with van der Waals surface area (Å²) in [5.74, 6) is 0.788. The Morgan fingerprint density at radius 1 is 1.33 bits per heavy atom. The summed E-state index contributed by atoms with van der Waals surface area (Å²) in [5.41, 5.74) is 0. The number of thiocarbonyl (C=S) groups is 1. The largest absolute Gasteiger partial charge is 0.366 e. The molecule has 0 spiro atoms. The zero-order chi connectivity index (χ0) is 13.1. The molecule has 98 valence electrons. The Bertz CT molecular complexity index is 447. The maximum absolute atomic E-state index is 6.15. The van der Waals surface area contributed by atoms with E-state index in [4.69, 9.17) is 35.4 Å². The third-order valence-corrected chi connectivity index (χ3v) is 3.82. The normalized spacial score (nSPS) is 15.7. The van der Waals surface area contributed by atoms with Crippen molar-refractivity contribution in [3.63, 3.8) is 0 Å². The van der Waals surface area contributed by atoms with Gasteiger partial charge in [-0.2, -0.15) is 0 Å². The topological polar surface area (TPSA) is 31.4 Å². The summed E-state index contributed by atoms with van der Waals surface area (Å²) in [5, 5.41) is 4.91. The van der Waals surface area contributed by atoms with Crippen molar-refractivity contribution in [3.8, 4) is 0 Å². The number of halogens is 2. The molecule has 0 aromatic carbocycles. The van der Waals surface area contributed by atoms with E-state index in [1.807, 2.05) is 7.05 Å². The quantitative estimate of drug-likeness (QED) is 0.802. The van der Waals surface area contributed by atoms with Crippen molar-refractivity contribution in [1.29, 1.82) is 0 Å². The Labute approximate surface area is 122 Å². The minimum atomic E-state index is 0.554. The van der Waals surface area contributed by atoms with Gasteiger partial charge in [-0.05, 0) is 18.3 Å². The van der Waals surface area contributed by atoms with Crippen molar-refractivity contribution in [3.05, 3.63) is 22.3 Å². The molecule has 1 aliphatic rings. The van der Waals surface area contributed by atoms with Crippen LogP contribution in [0.5, 0.6) is 0 Å². The first kappa shape index (κ1) is 13.6. The lowest BCUT2D eigenvalue weighted by Crippen LogP contribution is -2.51. The van der Waals surface area contributed by atoms with Crippen LogP contribution < -0.4 is 10.2 Å². The summed E-state index contributed by atoms with van der Waals surface area (Å²) in [6.07, 6.45) is 1.62. The lowest BCUT2D eigenvalue weighted by Gasteiger charge is -2.36. The third-order valence-electron chi connectivity index (χ3n) is 2.87. The van der Waals surface area contributed by atoms with E-state index in [0.29, 0.717) is 10.0 Å². The van der Waals surface area contributed by atoms with Crippen LogP contribution in [-0.2, 0) is 0 Å². The maximum Gasteiger partial charge on any atom is 0.168 e. The van der Waals surface area contributed by atoms with Gasteiger partial charge in [-0.3, -0.25) is 0 Å². The maximum atomic E-state index is 6.15. The van der Waals surface area contributed by atoms with Crippen LogP contribution in [0.2, 0.25) is 10.0 Å². The standard InChI is InChI=1S/C11H14Cl2N4S/c1-14-11(18)17-4-2-16(3-5-17)10-9(13)6-8(12)7-15-10/h6-7H,2-5H2,1H3,(H,14,18). The van der Waals surface area contributed by atoms with E-state index in [1.54, 1.807) is 12.3 Å². The highest BCUT2D eigenvalue weighted by Crippen LogP contribution is 2.26. The molecule has 1 aromatic rings. The van der Waals surface area contributed by atoms with Gasteiger partial charge < -0.3 is 15.1 Å². The molecule has 7 heteroatoms. The molecular weight excluding hydrogens is 291 g/mol. The lowest BCUT2D eigenvalue weighted by molar-refractivity contribution is 0.381. The second-order valence-corrected chi connectivity index (χ2v) is 5.22. The predicted molar refractivity (Wildman–Crippen MR) is 79.7 cm³/mol. The summed E-state index contributed by atoms with van der Waals surface area (Å²) in [6.45, 7) is 3.41. The van der Waals surface area contributed by atoms with Crippen LogP contribution in [0, 0.1) is 0 Å². The molecule has 0 radical (unpaired) electrons. The van der Waals surface area contributed by atoms with Gasteiger partial charge in [0.2, 0.25) is 0 Å². The molecule has 0 bridgehead atoms. The minimum Gasteiger partial charge on any atom is -0.366 e. The van der Waals surface area contributed by atoms with E-state index < -0.39 is 0 Å². The smallest absolute Gasteiger partial charge is 0.168 e.